The average Bonchev–Trinajstić information content (AvgIpc) is 2.48. The van der Waals surface area contributed by atoms with Gasteiger partial charge in [-0.1, -0.05) is 6.92 Å². The molecule has 15 heavy (non-hydrogen) atoms. The van der Waals surface area contributed by atoms with Gasteiger partial charge in [0.1, 0.15) is 0 Å². The number of aromatic nitrogens is 2. The summed E-state index contributed by atoms with van der Waals surface area (Å²) in [7, 11) is -3.51. The molecule has 0 fully saturated rings. The molecule has 0 radical (unpaired) electrons. The minimum atomic E-state index is -3.51. The van der Waals surface area contributed by atoms with Crippen LogP contribution in [0, 0.1) is 0 Å². The Kier molecular flexibility index (Phi) is 3.70. The second-order valence-electron chi connectivity index (χ2n) is 3.51. The third kappa shape index (κ3) is 3.88. The van der Waals surface area contributed by atoms with Crippen molar-refractivity contribution in [2.75, 3.05) is 4.72 Å². The number of rotatable bonds is 5. The first kappa shape index (κ1) is 12.0. The fourth-order valence-electron chi connectivity index (χ4n) is 1.07. The quantitative estimate of drug-likeness (QED) is 0.695. The van der Waals surface area contributed by atoms with Gasteiger partial charge in [-0.25, -0.2) is 0 Å². The van der Waals surface area contributed by atoms with Gasteiger partial charge < -0.3 is 0 Å². The van der Waals surface area contributed by atoms with E-state index in [0.717, 1.165) is 12.1 Å². The second-order valence-corrected chi connectivity index (χ2v) is 4.96. The van der Waals surface area contributed by atoms with Gasteiger partial charge in [-0.15, -0.1) is 0 Å². The first-order valence-electron chi connectivity index (χ1n) is 4.77. The molecule has 0 saturated carbocycles. The molecular weight excluding hydrogens is 216 g/mol. The number of nitrogens with zero attached hydrogens (tertiary/aromatic N) is 1. The molecule has 0 bridgehead atoms. The summed E-state index contributed by atoms with van der Waals surface area (Å²) < 4.78 is 27.6. The minimum absolute atomic E-state index is 0.146. The van der Waals surface area contributed by atoms with Crippen molar-refractivity contribution >= 4 is 16.0 Å². The van der Waals surface area contributed by atoms with Gasteiger partial charge in [-0.2, -0.15) is 18.2 Å². The summed E-state index contributed by atoms with van der Waals surface area (Å²) in [5.41, 5.74) is 0.886. The molecule has 0 saturated heterocycles. The van der Waals surface area contributed by atoms with Crippen molar-refractivity contribution in [2.24, 2.45) is 0 Å². The highest BCUT2D eigenvalue weighted by atomic mass is 32.2. The van der Waals surface area contributed by atoms with Crippen LogP contribution in [-0.4, -0.2) is 24.7 Å². The Morgan fingerprint density at radius 1 is 1.53 bits per heavy atom. The minimum Gasteiger partial charge on any atom is -0.280 e. The van der Waals surface area contributed by atoms with Gasteiger partial charge in [-0.05, 0) is 20.3 Å². The van der Waals surface area contributed by atoms with Crippen LogP contribution in [0.1, 0.15) is 26.5 Å². The highest BCUT2D eigenvalue weighted by Gasteiger charge is 2.12. The van der Waals surface area contributed by atoms with Crippen LogP contribution in [0.25, 0.3) is 0 Å². The lowest BCUT2D eigenvalue weighted by molar-refractivity contribution is 0.575. The van der Waals surface area contributed by atoms with E-state index in [1.54, 1.807) is 19.9 Å². The molecule has 0 amide bonds. The molecule has 1 heterocycles. The van der Waals surface area contributed by atoms with Crippen LogP contribution >= 0.6 is 0 Å². The molecule has 7 heteroatoms. The Morgan fingerprint density at radius 3 is 2.67 bits per heavy atom. The lowest BCUT2D eigenvalue weighted by Crippen LogP contribution is -2.35. The van der Waals surface area contributed by atoms with Gasteiger partial charge in [0.2, 0.25) is 0 Å². The monoisotopic (exact) mass is 232 g/mol. The first-order valence-corrected chi connectivity index (χ1v) is 6.25. The SMILES string of the molecule is CCc1cc(NS(=O)(=O)NC(C)C)n[nH]1. The molecule has 3 N–H and O–H groups in total. The molecule has 0 unspecified atom stereocenters. The molecule has 0 aliphatic rings. The lowest BCUT2D eigenvalue weighted by atomic mass is 10.3. The largest absolute Gasteiger partial charge is 0.300 e. The molecule has 1 aromatic heterocycles. The molecular formula is C8H16N4O2S. The van der Waals surface area contributed by atoms with Crippen molar-refractivity contribution in [1.29, 1.82) is 0 Å². The zero-order valence-corrected chi connectivity index (χ0v) is 9.85. The topological polar surface area (TPSA) is 86.9 Å². The number of nitrogens with one attached hydrogen (secondary N) is 3. The Bertz CT molecular complexity index is 410. The van der Waals surface area contributed by atoms with Crippen LogP contribution in [0.2, 0.25) is 0 Å². The van der Waals surface area contributed by atoms with Gasteiger partial charge in [-0.3, -0.25) is 9.82 Å². The summed E-state index contributed by atoms with van der Waals surface area (Å²) in [6.45, 7) is 5.46. The predicted molar refractivity (Wildman–Crippen MR) is 58.8 cm³/mol. The molecule has 0 spiro atoms. The summed E-state index contributed by atoms with van der Waals surface area (Å²) in [6, 6.07) is 1.52. The average molecular weight is 232 g/mol. The van der Waals surface area contributed by atoms with E-state index in [0.29, 0.717) is 5.82 Å². The van der Waals surface area contributed by atoms with Gasteiger partial charge in [0.05, 0.1) is 0 Å². The summed E-state index contributed by atoms with van der Waals surface area (Å²) in [4.78, 5) is 0. The van der Waals surface area contributed by atoms with E-state index in [4.69, 9.17) is 0 Å². The van der Waals surface area contributed by atoms with Crippen LogP contribution in [0.4, 0.5) is 5.82 Å². The number of anilines is 1. The normalized spacial score (nSPS) is 12.0. The van der Waals surface area contributed by atoms with E-state index in [2.05, 4.69) is 19.6 Å². The van der Waals surface area contributed by atoms with E-state index in [1.807, 2.05) is 6.92 Å². The van der Waals surface area contributed by atoms with Gasteiger partial charge in [0.15, 0.2) is 5.82 Å². The van der Waals surface area contributed by atoms with Crippen LogP contribution < -0.4 is 9.44 Å². The smallest absolute Gasteiger partial charge is 0.280 e. The zero-order valence-electron chi connectivity index (χ0n) is 9.03. The van der Waals surface area contributed by atoms with Gasteiger partial charge in [0, 0.05) is 17.8 Å². The summed E-state index contributed by atoms with van der Waals surface area (Å²) in [5.74, 6) is 0.306. The lowest BCUT2D eigenvalue weighted by Gasteiger charge is -2.09. The van der Waals surface area contributed by atoms with Crippen LogP contribution in [0.3, 0.4) is 0 Å². The number of hydrogen-bond donors (Lipinski definition) is 3. The van der Waals surface area contributed by atoms with Crippen molar-refractivity contribution < 1.29 is 8.42 Å². The van der Waals surface area contributed by atoms with E-state index < -0.39 is 10.2 Å². The molecule has 86 valence electrons. The molecule has 0 aromatic carbocycles. The molecule has 1 rings (SSSR count). The summed E-state index contributed by atoms with van der Waals surface area (Å²) in [6.07, 6.45) is 0.784. The second kappa shape index (κ2) is 4.63. The van der Waals surface area contributed by atoms with E-state index in [9.17, 15) is 8.42 Å². The Morgan fingerprint density at radius 2 is 2.20 bits per heavy atom. The van der Waals surface area contributed by atoms with E-state index in [-0.39, 0.29) is 6.04 Å². The van der Waals surface area contributed by atoms with E-state index >= 15 is 0 Å². The molecule has 1 aromatic rings. The van der Waals surface area contributed by atoms with E-state index in [1.165, 1.54) is 0 Å². The number of hydrogen-bond acceptors (Lipinski definition) is 3. The van der Waals surface area contributed by atoms with Crippen LogP contribution in [-0.2, 0) is 16.6 Å². The Hall–Kier alpha value is -1.08. The standard InChI is InChI=1S/C8H16N4O2S/c1-4-7-5-8(10-9-7)12-15(13,14)11-6(2)3/h5-6,11H,4H2,1-3H3,(H2,9,10,12). The van der Waals surface area contributed by atoms with Gasteiger partial charge in [0.25, 0.3) is 0 Å². The number of aryl methyl sites for hydroxylation is 1. The Labute approximate surface area is 89.6 Å². The summed E-state index contributed by atoms with van der Waals surface area (Å²) in [5, 5.41) is 6.55. The zero-order chi connectivity index (χ0) is 11.5. The first-order chi connectivity index (χ1) is 6.93. The molecule has 0 aliphatic carbocycles. The fourth-order valence-corrected chi connectivity index (χ4v) is 2.13. The summed E-state index contributed by atoms with van der Waals surface area (Å²) >= 11 is 0. The third-order valence-electron chi connectivity index (χ3n) is 1.64. The van der Waals surface area contributed by atoms with Crippen molar-refractivity contribution in [3.05, 3.63) is 11.8 Å². The number of H-pyrrole nitrogens is 1. The molecule has 0 aliphatic heterocycles. The maximum Gasteiger partial charge on any atom is 0.300 e. The highest BCUT2D eigenvalue weighted by molar-refractivity contribution is 7.90. The maximum atomic E-state index is 11.4. The fraction of sp³-hybridized carbons (Fsp3) is 0.625. The third-order valence-corrected chi connectivity index (χ3v) is 2.90. The maximum absolute atomic E-state index is 11.4. The Balaban J connectivity index is 2.69. The van der Waals surface area contributed by atoms with Crippen molar-refractivity contribution in [3.8, 4) is 0 Å². The van der Waals surface area contributed by atoms with Crippen molar-refractivity contribution in [3.63, 3.8) is 0 Å². The van der Waals surface area contributed by atoms with Crippen molar-refractivity contribution in [2.45, 2.75) is 33.2 Å². The number of aromatic amines is 1. The van der Waals surface area contributed by atoms with Crippen LogP contribution in [0.15, 0.2) is 6.07 Å². The molecule has 0 atom stereocenters. The van der Waals surface area contributed by atoms with Crippen LogP contribution in [0.5, 0.6) is 0 Å². The van der Waals surface area contributed by atoms with Gasteiger partial charge >= 0.3 is 10.2 Å². The predicted octanol–water partition coefficient (Wildman–Crippen LogP) is 0.627. The van der Waals surface area contributed by atoms with Crippen molar-refractivity contribution in [1.82, 2.24) is 14.9 Å². The molecule has 6 nitrogen and oxygen atoms in total. The highest BCUT2D eigenvalue weighted by Crippen LogP contribution is 2.07.